The third-order valence-corrected chi connectivity index (χ3v) is 3.89. The molecule has 25 heavy (non-hydrogen) atoms. The maximum absolute atomic E-state index is 12.7. The topological polar surface area (TPSA) is 57.4 Å². The number of para-hydroxylation sites is 1. The molecular weight excluding hydrogens is 357 g/mol. The molecule has 1 atom stereocenters. The van der Waals surface area contributed by atoms with Crippen molar-refractivity contribution >= 4 is 11.6 Å². The molecule has 1 heterocycles. The van der Waals surface area contributed by atoms with Crippen molar-refractivity contribution in [2.75, 3.05) is 7.11 Å². The predicted octanol–water partition coefficient (Wildman–Crippen LogP) is 4.83. The van der Waals surface area contributed by atoms with Crippen LogP contribution in [0.5, 0.6) is 17.4 Å². The molecule has 136 valence electrons. The number of aromatic nitrogens is 1. The van der Waals surface area contributed by atoms with Gasteiger partial charge in [0.25, 0.3) is 0 Å². The largest absolute Gasteiger partial charge is 0.493 e. The first-order chi connectivity index (χ1) is 11.8. The van der Waals surface area contributed by atoms with Gasteiger partial charge in [-0.25, -0.2) is 4.98 Å². The van der Waals surface area contributed by atoms with E-state index in [1.807, 2.05) is 13.0 Å². The number of methoxy groups -OCH3 is 1. The highest BCUT2D eigenvalue weighted by atomic mass is 35.5. The average molecular weight is 375 g/mol. The Labute approximate surface area is 148 Å². The highest BCUT2D eigenvalue weighted by Crippen LogP contribution is 2.39. The number of hydrogen-bond acceptors (Lipinski definition) is 4. The molecule has 1 unspecified atom stereocenters. The lowest BCUT2D eigenvalue weighted by Crippen LogP contribution is -2.21. The van der Waals surface area contributed by atoms with E-state index >= 15 is 0 Å². The average Bonchev–Trinajstić information content (AvgIpc) is 2.56. The molecule has 0 bridgehead atoms. The van der Waals surface area contributed by atoms with Crippen LogP contribution in [0.1, 0.15) is 24.5 Å². The van der Waals surface area contributed by atoms with Gasteiger partial charge in [0.2, 0.25) is 5.88 Å². The molecule has 0 radical (unpaired) electrons. The van der Waals surface area contributed by atoms with E-state index in [4.69, 9.17) is 26.8 Å². The number of hydrogen-bond donors (Lipinski definition) is 1. The van der Waals surface area contributed by atoms with Crippen LogP contribution in [0.15, 0.2) is 30.5 Å². The summed E-state index contributed by atoms with van der Waals surface area (Å²) in [4.78, 5) is 3.69. The Bertz CT molecular complexity index is 738. The van der Waals surface area contributed by atoms with Gasteiger partial charge in [0.05, 0.1) is 12.7 Å². The summed E-state index contributed by atoms with van der Waals surface area (Å²) in [7, 11) is 1.47. The van der Waals surface area contributed by atoms with Crippen LogP contribution >= 0.6 is 11.6 Å². The predicted molar refractivity (Wildman–Crippen MR) is 89.3 cm³/mol. The third-order valence-electron chi connectivity index (χ3n) is 3.62. The Morgan fingerprint density at radius 1 is 1.32 bits per heavy atom. The lowest BCUT2D eigenvalue weighted by Gasteiger charge is -2.17. The number of nitrogens with two attached hydrogens (primary N) is 1. The van der Waals surface area contributed by atoms with Crippen molar-refractivity contribution in [3.05, 3.63) is 46.6 Å². The fourth-order valence-corrected chi connectivity index (χ4v) is 2.38. The Kier molecular flexibility index (Phi) is 6.13. The van der Waals surface area contributed by atoms with E-state index in [0.717, 1.165) is 18.1 Å². The highest BCUT2D eigenvalue weighted by Gasteiger charge is 2.32. The summed E-state index contributed by atoms with van der Waals surface area (Å²) in [6.07, 6.45) is -2.58. The van der Waals surface area contributed by atoms with Crippen LogP contribution < -0.4 is 15.2 Å². The molecule has 0 fully saturated rings. The fourth-order valence-electron chi connectivity index (χ4n) is 2.18. The molecule has 2 rings (SSSR count). The molecule has 0 aliphatic rings. The summed E-state index contributed by atoms with van der Waals surface area (Å²) in [6, 6.07) is 5.95. The molecule has 4 nitrogen and oxygen atoms in total. The quantitative estimate of drug-likeness (QED) is 0.786. The van der Waals surface area contributed by atoms with Gasteiger partial charge in [0.1, 0.15) is 5.02 Å². The Hall–Kier alpha value is -1.99. The number of rotatable bonds is 6. The molecule has 1 aromatic heterocycles. The summed E-state index contributed by atoms with van der Waals surface area (Å²) in [6.45, 7) is 1.96. The van der Waals surface area contributed by atoms with Crippen LogP contribution in [0.4, 0.5) is 13.2 Å². The van der Waals surface area contributed by atoms with Crippen LogP contribution in [0.2, 0.25) is 5.02 Å². The fraction of sp³-hybridized carbons (Fsp3) is 0.353. The van der Waals surface area contributed by atoms with Crippen LogP contribution in [-0.2, 0) is 12.6 Å². The van der Waals surface area contributed by atoms with Crippen molar-refractivity contribution in [3.8, 4) is 17.4 Å². The number of alkyl halides is 3. The minimum absolute atomic E-state index is 0.0921. The summed E-state index contributed by atoms with van der Waals surface area (Å²) in [5.41, 5.74) is 5.80. The summed E-state index contributed by atoms with van der Waals surface area (Å²) < 4.78 is 49.1. The van der Waals surface area contributed by atoms with Gasteiger partial charge in [0, 0.05) is 17.8 Å². The van der Waals surface area contributed by atoms with E-state index in [0.29, 0.717) is 24.1 Å². The maximum Gasteiger partial charge on any atom is 0.417 e. The Morgan fingerprint density at radius 2 is 2.04 bits per heavy atom. The standard InChI is InChI=1S/C17H18ClF3N2O2/c1-3-12(22)7-10-5-4-6-14(24-2)15(10)25-16-13(18)8-11(9-23-16)17(19,20)21/h4-6,8-9,12H,3,7,22H2,1-2H3. The van der Waals surface area contributed by atoms with E-state index in [1.165, 1.54) is 7.11 Å². The number of pyridine rings is 1. The molecule has 0 aliphatic heterocycles. The molecule has 2 N–H and O–H groups in total. The van der Waals surface area contributed by atoms with Gasteiger partial charge in [0.15, 0.2) is 11.5 Å². The smallest absolute Gasteiger partial charge is 0.417 e. The molecule has 1 aromatic carbocycles. The number of nitrogens with zero attached hydrogens (tertiary/aromatic N) is 1. The zero-order valence-electron chi connectivity index (χ0n) is 13.7. The molecule has 0 amide bonds. The van der Waals surface area contributed by atoms with Crippen molar-refractivity contribution < 1.29 is 22.6 Å². The zero-order chi connectivity index (χ0) is 18.6. The van der Waals surface area contributed by atoms with Gasteiger partial charge in [-0.15, -0.1) is 0 Å². The van der Waals surface area contributed by atoms with Crippen LogP contribution in [0.3, 0.4) is 0 Å². The van der Waals surface area contributed by atoms with Gasteiger partial charge in [-0.05, 0) is 25.0 Å². The van der Waals surface area contributed by atoms with Crippen molar-refractivity contribution in [2.45, 2.75) is 32.0 Å². The van der Waals surface area contributed by atoms with E-state index < -0.39 is 11.7 Å². The molecule has 2 aromatic rings. The second kappa shape index (κ2) is 7.93. The van der Waals surface area contributed by atoms with E-state index in [9.17, 15) is 13.2 Å². The molecule has 8 heteroatoms. The lowest BCUT2D eigenvalue weighted by atomic mass is 10.0. The van der Waals surface area contributed by atoms with Crippen LogP contribution in [-0.4, -0.2) is 18.1 Å². The molecule has 0 saturated carbocycles. The third kappa shape index (κ3) is 4.76. The van der Waals surface area contributed by atoms with Crippen LogP contribution in [0.25, 0.3) is 0 Å². The summed E-state index contributed by atoms with van der Waals surface area (Å²) in [5, 5.41) is -0.244. The second-order valence-corrected chi connectivity index (χ2v) is 5.84. The van der Waals surface area contributed by atoms with Crippen LogP contribution in [0, 0.1) is 0 Å². The van der Waals surface area contributed by atoms with Gasteiger partial charge in [-0.3, -0.25) is 0 Å². The second-order valence-electron chi connectivity index (χ2n) is 5.43. The first-order valence-electron chi connectivity index (χ1n) is 7.58. The Balaban J connectivity index is 2.39. The van der Waals surface area contributed by atoms with Crippen molar-refractivity contribution in [2.24, 2.45) is 5.73 Å². The number of halogens is 4. The van der Waals surface area contributed by atoms with Gasteiger partial charge >= 0.3 is 6.18 Å². The number of ether oxygens (including phenoxy) is 2. The van der Waals surface area contributed by atoms with E-state index in [2.05, 4.69) is 4.98 Å². The minimum atomic E-state index is -4.53. The van der Waals surface area contributed by atoms with Gasteiger partial charge < -0.3 is 15.2 Å². The summed E-state index contributed by atoms with van der Waals surface area (Å²) in [5.74, 6) is 0.618. The lowest BCUT2D eigenvalue weighted by molar-refractivity contribution is -0.137. The molecule has 0 saturated heterocycles. The molecule has 0 spiro atoms. The van der Waals surface area contributed by atoms with Crippen molar-refractivity contribution in [3.63, 3.8) is 0 Å². The van der Waals surface area contributed by atoms with Crippen molar-refractivity contribution in [1.82, 2.24) is 4.98 Å². The first kappa shape index (κ1) is 19.3. The monoisotopic (exact) mass is 374 g/mol. The zero-order valence-corrected chi connectivity index (χ0v) is 14.5. The van der Waals surface area contributed by atoms with Crippen molar-refractivity contribution in [1.29, 1.82) is 0 Å². The van der Waals surface area contributed by atoms with E-state index in [-0.39, 0.29) is 16.9 Å². The Morgan fingerprint density at radius 3 is 2.60 bits per heavy atom. The molecule has 0 aliphatic carbocycles. The number of benzene rings is 1. The minimum Gasteiger partial charge on any atom is -0.493 e. The van der Waals surface area contributed by atoms with Gasteiger partial charge in [-0.1, -0.05) is 30.7 Å². The van der Waals surface area contributed by atoms with Gasteiger partial charge in [-0.2, -0.15) is 13.2 Å². The highest BCUT2D eigenvalue weighted by molar-refractivity contribution is 6.31. The first-order valence-corrected chi connectivity index (χ1v) is 7.96. The summed E-state index contributed by atoms with van der Waals surface area (Å²) >= 11 is 5.91. The normalized spacial score (nSPS) is 12.8. The van der Waals surface area contributed by atoms with E-state index in [1.54, 1.807) is 12.1 Å². The molecular formula is C17H18ClF3N2O2. The maximum atomic E-state index is 12.7. The SMILES string of the molecule is CCC(N)Cc1cccc(OC)c1Oc1ncc(C(F)(F)F)cc1Cl.